The number of nitrogens with two attached hydrogens (primary N) is 2. The topological polar surface area (TPSA) is 82.8 Å². The molecule has 0 radical (unpaired) electrons. The molecule has 4 N–H and O–H groups in total. The third kappa shape index (κ3) is 1.44. The Morgan fingerprint density at radius 1 is 1.14 bits per heavy atom. The number of hydrogen-bond acceptors (Lipinski definition) is 4. The molecule has 2 rings (SSSR count). The summed E-state index contributed by atoms with van der Waals surface area (Å²) < 4.78 is 2.25. The van der Waals surface area contributed by atoms with Gasteiger partial charge in [-0.15, -0.1) is 10.2 Å². The molecule has 0 aliphatic rings. The van der Waals surface area contributed by atoms with Crippen molar-refractivity contribution in [3.05, 3.63) is 28.7 Å². The molecule has 0 saturated carbocycles. The van der Waals surface area contributed by atoms with Crippen molar-refractivity contribution >= 4 is 21.9 Å². The minimum absolute atomic E-state index is 0.197. The number of aromatic nitrogens is 3. The Kier molecular flexibility index (Phi) is 2.12. The third-order valence-electron chi connectivity index (χ3n) is 1.82. The van der Waals surface area contributed by atoms with E-state index in [1.54, 1.807) is 0 Å². The lowest BCUT2D eigenvalue weighted by Gasteiger charge is -2.00. The van der Waals surface area contributed by atoms with Crippen molar-refractivity contribution in [2.24, 2.45) is 0 Å². The van der Waals surface area contributed by atoms with Crippen LogP contribution in [0.3, 0.4) is 0 Å². The molecule has 0 atom stereocenters. The van der Waals surface area contributed by atoms with E-state index in [-0.39, 0.29) is 5.95 Å². The number of benzene rings is 1. The first-order valence-electron chi connectivity index (χ1n) is 3.90. The number of hydrogen-bond donors (Lipinski definition) is 2. The van der Waals surface area contributed by atoms with Crippen molar-refractivity contribution in [2.75, 3.05) is 11.6 Å². The van der Waals surface area contributed by atoms with E-state index in [9.17, 15) is 0 Å². The van der Waals surface area contributed by atoms with Crippen molar-refractivity contribution in [3.63, 3.8) is 0 Å². The molecule has 0 unspecified atom stereocenters. The predicted octanol–water partition coefficient (Wildman–Crippen LogP) is 1.00. The van der Waals surface area contributed by atoms with Gasteiger partial charge in [0.25, 0.3) is 0 Å². The summed E-state index contributed by atoms with van der Waals surface area (Å²) in [5, 5.41) is 7.53. The highest BCUT2D eigenvalue weighted by atomic mass is 79.9. The van der Waals surface area contributed by atoms with Crippen LogP contribution in [0.15, 0.2) is 28.7 Å². The average molecular weight is 254 g/mol. The Morgan fingerprint density at radius 3 is 2.29 bits per heavy atom. The average Bonchev–Trinajstić information content (AvgIpc) is 2.50. The predicted molar refractivity (Wildman–Crippen MR) is 57.7 cm³/mol. The third-order valence-corrected chi connectivity index (χ3v) is 2.35. The molecular weight excluding hydrogens is 246 g/mol. The van der Waals surface area contributed by atoms with Crippen LogP contribution < -0.4 is 11.6 Å². The van der Waals surface area contributed by atoms with Crippen LogP contribution >= 0.6 is 15.9 Å². The molecule has 1 aromatic carbocycles. The molecule has 14 heavy (non-hydrogen) atoms. The Hall–Kier alpha value is -1.56. The summed E-state index contributed by atoms with van der Waals surface area (Å²) in [4.78, 5) is 0. The number of rotatable bonds is 1. The molecule has 1 heterocycles. The normalized spacial score (nSPS) is 10.4. The van der Waals surface area contributed by atoms with E-state index in [2.05, 4.69) is 26.1 Å². The van der Waals surface area contributed by atoms with Crippen LogP contribution in [0.25, 0.3) is 11.4 Å². The molecule has 0 aliphatic heterocycles. The van der Waals surface area contributed by atoms with Gasteiger partial charge in [-0.3, -0.25) is 0 Å². The van der Waals surface area contributed by atoms with Crippen molar-refractivity contribution in [2.45, 2.75) is 0 Å². The molecule has 6 heteroatoms. The fourth-order valence-corrected chi connectivity index (χ4v) is 1.36. The Balaban J connectivity index is 2.49. The Morgan fingerprint density at radius 2 is 1.79 bits per heavy atom. The molecule has 0 fully saturated rings. The highest BCUT2D eigenvalue weighted by Gasteiger charge is 2.07. The summed E-state index contributed by atoms with van der Waals surface area (Å²) in [5.74, 6) is 6.38. The molecule has 0 bridgehead atoms. The zero-order chi connectivity index (χ0) is 10.1. The molecular formula is C8H8BrN5. The molecule has 2 aromatic rings. The molecule has 0 spiro atoms. The van der Waals surface area contributed by atoms with Crippen LogP contribution in [0.4, 0.5) is 5.95 Å². The minimum atomic E-state index is 0.197. The van der Waals surface area contributed by atoms with E-state index in [0.29, 0.717) is 5.82 Å². The lowest BCUT2D eigenvalue weighted by molar-refractivity contribution is 1.02. The summed E-state index contributed by atoms with van der Waals surface area (Å²) in [6.07, 6.45) is 0. The van der Waals surface area contributed by atoms with Crippen LogP contribution in [-0.2, 0) is 0 Å². The van der Waals surface area contributed by atoms with Gasteiger partial charge in [-0.1, -0.05) is 28.1 Å². The van der Waals surface area contributed by atoms with Crippen LogP contribution in [0.2, 0.25) is 0 Å². The van der Waals surface area contributed by atoms with Crippen molar-refractivity contribution in [1.29, 1.82) is 0 Å². The zero-order valence-corrected chi connectivity index (χ0v) is 8.77. The highest BCUT2D eigenvalue weighted by molar-refractivity contribution is 9.10. The second-order valence-electron chi connectivity index (χ2n) is 2.76. The summed E-state index contributed by atoms with van der Waals surface area (Å²) in [6, 6.07) is 7.58. The van der Waals surface area contributed by atoms with Gasteiger partial charge in [0.05, 0.1) is 0 Å². The maximum absolute atomic E-state index is 5.63. The van der Waals surface area contributed by atoms with E-state index < -0.39 is 0 Å². The van der Waals surface area contributed by atoms with Gasteiger partial charge in [0.2, 0.25) is 5.95 Å². The van der Waals surface area contributed by atoms with Crippen molar-refractivity contribution in [3.8, 4) is 11.4 Å². The lowest BCUT2D eigenvalue weighted by Crippen LogP contribution is -2.13. The minimum Gasteiger partial charge on any atom is -0.366 e. The first-order chi connectivity index (χ1) is 6.68. The van der Waals surface area contributed by atoms with E-state index in [4.69, 9.17) is 11.6 Å². The van der Waals surface area contributed by atoms with Crippen LogP contribution in [-0.4, -0.2) is 14.9 Å². The van der Waals surface area contributed by atoms with Gasteiger partial charge >= 0.3 is 0 Å². The number of nitrogen functional groups attached to an aromatic ring is 2. The maximum atomic E-state index is 5.63. The summed E-state index contributed by atoms with van der Waals surface area (Å²) in [5.41, 5.74) is 6.34. The zero-order valence-electron chi connectivity index (χ0n) is 7.18. The van der Waals surface area contributed by atoms with Crippen LogP contribution in [0.5, 0.6) is 0 Å². The lowest BCUT2D eigenvalue weighted by atomic mass is 10.2. The van der Waals surface area contributed by atoms with E-state index >= 15 is 0 Å². The number of nitrogens with zero attached hydrogens (tertiary/aromatic N) is 3. The van der Waals surface area contributed by atoms with Gasteiger partial charge in [0.1, 0.15) is 0 Å². The second kappa shape index (κ2) is 3.30. The second-order valence-corrected chi connectivity index (χ2v) is 3.67. The number of halogens is 1. The largest absolute Gasteiger partial charge is 0.366 e. The molecule has 5 nitrogen and oxygen atoms in total. The van der Waals surface area contributed by atoms with Gasteiger partial charge in [0, 0.05) is 10.0 Å². The standard InChI is InChI=1S/C8H8BrN5/c9-6-3-1-5(2-4-6)7-12-13-8(10)14(7)11/h1-4H,11H2,(H2,10,13). The van der Waals surface area contributed by atoms with Crippen LogP contribution in [0.1, 0.15) is 0 Å². The Bertz CT molecular complexity index is 447. The molecule has 1 aromatic heterocycles. The summed E-state index contributed by atoms with van der Waals surface area (Å²) in [7, 11) is 0. The SMILES string of the molecule is Nc1nnc(-c2ccc(Br)cc2)n1N. The van der Waals surface area contributed by atoms with Gasteiger partial charge in [-0.25, -0.2) is 4.68 Å². The molecule has 0 saturated heterocycles. The van der Waals surface area contributed by atoms with E-state index in [1.165, 1.54) is 4.68 Å². The fourth-order valence-electron chi connectivity index (χ4n) is 1.10. The van der Waals surface area contributed by atoms with Crippen molar-refractivity contribution < 1.29 is 0 Å². The van der Waals surface area contributed by atoms with Gasteiger partial charge in [-0.05, 0) is 12.1 Å². The van der Waals surface area contributed by atoms with Crippen molar-refractivity contribution in [1.82, 2.24) is 14.9 Å². The Labute approximate surface area is 88.8 Å². The summed E-state index contributed by atoms with van der Waals surface area (Å²) >= 11 is 3.34. The van der Waals surface area contributed by atoms with E-state index in [1.807, 2.05) is 24.3 Å². The summed E-state index contributed by atoms with van der Waals surface area (Å²) in [6.45, 7) is 0. The quantitative estimate of drug-likeness (QED) is 0.744. The van der Waals surface area contributed by atoms with Gasteiger partial charge in [-0.2, -0.15) is 0 Å². The molecule has 0 aliphatic carbocycles. The number of anilines is 1. The first-order valence-corrected chi connectivity index (χ1v) is 4.69. The maximum Gasteiger partial charge on any atom is 0.241 e. The van der Waals surface area contributed by atoms with Gasteiger partial charge in [0.15, 0.2) is 5.82 Å². The fraction of sp³-hybridized carbons (Fsp3) is 0. The van der Waals surface area contributed by atoms with Crippen LogP contribution in [0, 0.1) is 0 Å². The van der Waals surface area contributed by atoms with E-state index in [0.717, 1.165) is 10.0 Å². The highest BCUT2D eigenvalue weighted by Crippen LogP contribution is 2.19. The van der Waals surface area contributed by atoms with Gasteiger partial charge < -0.3 is 11.6 Å². The monoisotopic (exact) mass is 253 g/mol. The molecule has 72 valence electrons. The first kappa shape index (κ1) is 9.01. The molecule has 0 amide bonds. The smallest absolute Gasteiger partial charge is 0.241 e.